The summed E-state index contributed by atoms with van der Waals surface area (Å²) in [6.45, 7) is 0.157. The summed E-state index contributed by atoms with van der Waals surface area (Å²) in [5.41, 5.74) is 0.582. The van der Waals surface area contributed by atoms with Crippen LogP contribution >= 0.6 is 0 Å². The van der Waals surface area contributed by atoms with Crippen molar-refractivity contribution >= 4 is 17.8 Å². The van der Waals surface area contributed by atoms with Crippen molar-refractivity contribution in [2.24, 2.45) is 0 Å². The number of amides is 2. The predicted octanol–water partition coefficient (Wildman–Crippen LogP) is 0.819. The molecule has 0 saturated carbocycles. The van der Waals surface area contributed by atoms with Crippen LogP contribution in [0.2, 0.25) is 0 Å². The zero-order valence-electron chi connectivity index (χ0n) is 9.63. The van der Waals surface area contributed by atoms with E-state index < -0.39 is 5.97 Å². The fourth-order valence-corrected chi connectivity index (χ4v) is 1.80. The zero-order valence-corrected chi connectivity index (χ0v) is 9.63. The Bertz CT molecular complexity index is 479. The summed E-state index contributed by atoms with van der Waals surface area (Å²) < 4.78 is 0. The van der Waals surface area contributed by atoms with E-state index in [2.05, 4.69) is 4.98 Å². The molecule has 0 unspecified atom stereocenters. The number of carbonyl (C=O) groups is 3. The molecular weight excluding hydrogens is 236 g/mol. The van der Waals surface area contributed by atoms with Crippen molar-refractivity contribution in [2.45, 2.75) is 25.8 Å². The van der Waals surface area contributed by atoms with Crippen LogP contribution < -0.4 is 0 Å². The number of hydrogen-bond donors (Lipinski definition) is 1. The second kappa shape index (κ2) is 4.95. The molecule has 1 aromatic rings. The molecule has 1 fully saturated rings. The van der Waals surface area contributed by atoms with E-state index in [0.717, 1.165) is 0 Å². The molecule has 6 heteroatoms. The summed E-state index contributed by atoms with van der Waals surface area (Å²) in [5, 5.41) is 8.70. The van der Waals surface area contributed by atoms with Crippen molar-refractivity contribution in [3.8, 4) is 0 Å². The van der Waals surface area contributed by atoms with E-state index in [-0.39, 0.29) is 24.1 Å². The van der Waals surface area contributed by atoms with E-state index in [1.165, 1.54) is 17.2 Å². The number of likely N-dealkylation sites (tertiary alicyclic amines) is 1. The van der Waals surface area contributed by atoms with Gasteiger partial charge in [0.25, 0.3) is 0 Å². The molecule has 1 aliphatic rings. The highest BCUT2D eigenvalue weighted by molar-refractivity contribution is 5.97. The van der Waals surface area contributed by atoms with Crippen LogP contribution in [0.1, 0.15) is 35.3 Å². The topological polar surface area (TPSA) is 87.6 Å². The lowest BCUT2D eigenvalue weighted by molar-refractivity contribution is -0.148. The van der Waals surface area contributed by atoms with Gasteiger partial charge in [-0.15, -0.1) is 0 Å². The molecule has 0 aliphatic carbocycles. The highest BCUT2D eigenvalue weighted by Crippen LogP contribution is 2.15. The smallest absolute Gasteiger partial charge is 0.354 e. The van der Waals surface area contributed by atoms with Gasteiger partial charge in [-0.25, -0.2) is 9.78 Å². The molecule has 18 heavy (non-hydrogen) atoms. The molecule has 94 valence electrons. The number of aromatic nitrogens is 1. The maximum absolute atomic E-state index is 11.6. The number of carbonyl (C=O) groups excluding carboxylic acids is 2. The quantitative estimate of drug-likeness (QED) is 0.800. The van der Waals surface area contributed by atoms with E-state index in [4.69, 9.17) is 5.11 Å². The first-order valence-corrected chi connectivity index (χ1v) is 5.59. The predicted molar refractivity (Wildman–Crippen MR) is 60.6 cm³/mol. The van der Waals surface area contributed by atoms with Gasteiger partial charge in [-0.05, 0) is 18.1 Å². The third-order valence-corrected chi connectivity index (χ3v) is 2.77. The number of carboxylic acids is 1. The van der Waals surface area contributed by atoms with E-state index >= 15 is 0 Å². The molecule has 0 atom stereocenters. The van der Waals surface area contributed by atoms with Gasteiger partial charge in [0.2, 0.25) is 11.8 Å². The summed E-state index contributed by atoms with van der Waals surface area (Å²) in [7, 11) is 0. The number of nitrogens with zero attached hydrogens (tertiary/aromatic N) is 2. The van der Waals surface area contributed by atoms with Crippen LogP contribution in [0.4, 0.5) is 0 Å². The minimum Gasteiger partial charge on any atom is -0.477 e. The number of piperidine rings is 1. The van der Waals surface area contributed by atoms with Crippen LogP contribution in [0.5, 0.6) is 0 Å². The summed E-state index contributed by atoms with van der Waals surface area (Å²) >= 11 is 0. The lowest BCUT2D eigenvalue weighted by Crippen LogP contribution is -2.39. The summed E-state index contributed by atoms with van der Waals surface area (Å²) in [5.74, 6) is -1.48. The minimum absolute atomic E-state index is 0.0601. The molecule has 1 aliphatic heterocycles. The Labute approximate surface area is 103 Å². The maximum Gasteiger partial charge on any atom is 0.354 e. The molecule has 0 bridgehead atoms. The van der Waals surface area contributed by atoms with Gasteiger partial charge in [-0.3, -0.25) is 14.5 Å². The number of imide groups is 1. The lowest BCUT2D eigenvalue weighted by atomic mass is 10.1. The number of hydrogen-bond acceptors (Lipinski definition) is 4. The van der Waals surface area contributed by atoms with Gasteiger partial charge in [0.05, 0.1) is 6.54 Å². The van der Waals surface area contributed by atoms with Crippen LogP contribution in [0.25, 0.3) is 0 Å². The Morgan fingerprint density at radius 1 is 1.28 bits per heavy atom. The van der Waals surface area contributed by atoms with Crippen LogP contribution in [-0.4, -0.2) is 32.8 Å². The molecule has 6 nitrogen and oxygen atoms in total. The van der Waals surface area contributed by atoms with E-state index in [0.29, 0.717) is 24.8 Å². The minimum atomic E-state index is -1.10. The first-order valence-electron chi connectivity index (χ1n) is 5.59. The average Bonchev–Trinajstić information content (AvgIpc) is 2.34. The fraction of sp³-hybridized carbons (Fsp3) is 0.333. The third-order valence-electron chi connectivity index (χ3n) is 2.77. The van der Waals surface area contributed by atoms with E-state index in [1.807, 2.05) is 0 Å². The van der Waals surface area contributed by atoms with Crippen LogP contribution in [0.3, 0.4) is 0 Å². The largest absolute Gasteiger partial charge is 0.477 e. The van der Waals surface area contributed by atoms with Crippen LogP contribution in [0.15, 0.2) is 18.3 Å². The van der Waals surface area contributed by atoms with Gasteiger partial charge in [0.1, 0.15) is 5.69 Å². The first-order chi connectivity index (χ1) is 8.58. The van der Waals surface area contributed by atoms with Gasteiger partial charge in [0, 0.05) is 19.0 Å². The molecule has 1 N–H and O–H groups in total. The zero-order chi connectivity index (χ0) is 13.1. The molecule has 0 aromatic carbocycles. The standard InChI is InChI=1S/C12H12N2O4/c15-10-2-1-3-11(16)14(10)7-8-4-5-9(12(17)18)13-6-8/h4-6H,1-3,7H2,(H,17,18). The van der Waals surface area contributed by atoms with E-state index in [9.17, 15) is 14.4 Å². The van der Waals surface area contributed by atoms with Crippen molar-refractivity contribution in [3.05, 3.63) is 29.6 Å². The van der Waals surface area contributed by atoms with Crippen molar-refractivity contribution in [1.82, 2.24) is 9.88 Å². The van der Waals surface area contributed by atoms with Gasteiger partial charge in [-0.1, -0.05) is 6.07 Å². The number of aromatic carboxylic acids is 1. The highest BCUT2D eigenvalue weighted by Gasteiger charge is 2.25. The Morgan fingerprint density at radius 3 is 2.44 bits per heavy atom. The Kier molecular flexibility index (Phi) is 3.36. The Balaban J connectivity index is 2.11. The highest BCUT2D eigenvalue weighted by atomic mass is 16.4. The van der Waals surface area contributed by atoms with Gasteiger partial charge >= 0.3 is 5.97 Å². The second-order valence-electron chi connectivity index (χ2n) is 4.08. The van der Waals surface area contributed by atoms with Gasteiger partial charge in [0.15, 0.2) is 0 Å². The molecule has 2 heterocycles. The Morgan fingerprint density at radius 2 is 1.94 bits per heavy atom. The normalized spacial score (nSPS) is 15.9. The molecule has 0 spiro atoms. The monoisotopic (exact) mass is 248 g/mol. The van der Waals surface area contributed by atoms with Crippen LogP contribution in [-0.2, 0) is 16.1 Å². The first kappa shape index (κ1) is 12.2. The number of pyridine rings is 1. The van der Waals surface area contributed by atoms with Crippen LogP contribution in [0, 0.1) is 0 Å². The maximum atomic E-state index is 11.6. The number of carboxylic acid groups (broad SMARTS) is 1. The Hall–Kier alpha value is -2.24. The van der Waals surface area contributed by atoms with Crippen molar-refractivity contribution < 1.29 is 19.5 Å². The molecule has 2 amide bonds. The molecule has 1 aromatic heterocycles. The van der Waals surface area contributed by atoms with Gasteiger partial charge < -0.3 is 5.11 Å². The summed E-state index contributed by atoms with van der Waals surface area (Å²) in [6, 6.07) is 2.92. The lowest BCUT2D eigenvalue weighted by Gasteiger charge is -2.24. The second-order valence-corrected chi connectivity index (χ2v) is 4.08. The van der Waals surface area contributed by atoms with Crippen molar-refractivity contribution in [3.63, 3.8) is 0 Å². The van der Waals surface area contributed by atoms with Crippen molar-refractivity contribution in [2.75, 3.05) is 0 Å². The SMILES string of the molecule is O=C(O)c1ccc(CN2C(=O)CCCC2=O)cn1. The summed E-state index contributed by atoms with van der Waals surface area (Å²) in [6.07, 6.45) is 2.74. The van der Waals surface area contributed by atoms with Crippen molar-refractivity contribution in [1.29, 1.82) is 0 Å². The summed E-state index contributed by atoms with van der Waals surface area (Å²) in [4.78, 5) is 38.7. The molecule has 1 saturated heterocycles. The molecule has 2 rings (SSSR count). The average molecular weight is 248 g/mol. The molecular formula is C12H12N2O4. The van der Waals surface area contributed by atoms with E-state index in [1.54, 1.807) is 6.07 Å². The third kappa shape index (κ3) is 2.53. The molecule has 0 radical (unpaired) electrons. The number of rotatable bonds is 3. The van der Waals surface area contributed by atoms with Gasteiger partial charge in [-0.2, -0.15) is 0 Å². The fourth-order valence-electron chi connectivity index (χ4n) is 1.80.